The summed E-state index contributed by atoms with van der Waals surface area (Å²) in [5, 5.41) is 11.5. The van der Waals surface area contributed by atoms with Gasteiger partial charge < -0.3 is 5.32 Å². The lowest BCUT2D eigenvalue weighted by atomic mass is 10.2. The van der Waals surface area contributed by atoms with Crippen molar-refractivity contribution in [3.8, 4) is 17.2 Å². The number of rotatable bonds is 6. The van der Waals surface area contributed by atoms with Crippen LogP contribution in [0.25, 0.3) is 17.2 Å². The number of nitrogens with one attached hydrogen (secondary N) is 1. The second-order valence-electron chi connectivity index (χ2n) is 6.75. The monoisotopic (exact) mass is 403 g/mol. The summed E-state index contributed by atoms with van der Waals surface area (Å²) >= 11 is 0. The van der Waals surface area contributed by atoms with Crippen LogP contribution in [0.2, 0.25) is 0 Å². The molecule has 4 rings (SSSR count). The van der Waals surface area contributed by atoms with Crippen molar-refractivity contribution in [2.24, 2.45) is 7.05 Å². The van der Waals surface area contributed by atoms with E-state index in [9.17, 15) is 9.59 Å². The summed E-state index contributed by atoms with van der Waals surface area (Å²) in [6, 6.07) is 15.0. The first-order valence-corrected chi connectivity index (χ1v) is 9.49. The average Bonchev–Trinajstić information content (AvgIpc) is 3.30. The van der Waals surface area contributed by atoms with Gasteiger partial charge in [-0.1, -0.05) is 24.3 Å². The third-order valence-corrected chi connectivity index (χ3v) is 4.80. The predicted octanol–water partition coefficient (Wildman–Crippen LogP) is 1.57. The van der Waals surface area contributed by atoms with Gasteiger partial charge in [0.25, 0.3) is 5.91 Å². The first-order chi connectivity index (χ1) is 14.6. The maximum absolute atomic E-state index is 12.6. The molecule has 0 atom stereocenters. The lowest BCUT2D eigenvalue weighted by Gasteiger charge is -2.06. The van der Waals surface area contributed by atoms with Crippen LogP contribution in [0.4, 0.5) is 0 Å². The molecular weight excluding hydrogens is 382 g/mol. The molecule has 1 N–H and O–H groups in total. The van der Waals surface area contributed by atoms with Crippen molar-refractivity contribution in [3.63, 3.8) is 0 Å². The van der Waals surface area contributed by atoms with Crippen molar-refractivity contribution in [2.75, 3.05) is 6.54 Å². The van der Waals surface area contributed by atoms with Crippen LogP contribution >= 0.6 is 0 Å². The van der Waals surface area contributed by atoms with E-state index in [1.807, 2.05) is 43.3 Å². The van der Waals surface area contributed by atoms with Gasteiger partial charge in [0.1, 0.15) is 5.69 Å². The standard InChI is InChI=1S/C21H21N7O2/c1-15-17(14-24-28(15)16-8-4-3-5-9-16)20(29)23-12-13-27-21(30)26(2)19(25-27)18-10-6-7-11-22-18/h3-11,14H,12-13H2,1-2H3,(H,23,29). The molecule has 0 saturated heterocycles. The van der Waals surface area contributed by atoms with E-state index in [1.54, 1.807) is 36.3 Å². The van der Waals surface area contributed by atoms with Gasteiger partial charge in [-0.05, 0) is 31.2 Å². The van der Waals surface area contributed by atoms with Gasteiger partial charge >= 0.3 is 5.69 Å². The minimum atomic E-state index is -0.266. The van der Waals surface area contributed by atoms with Crippen LogP contribution in [0.5, 0.6) is 0 Å². The van der Waals surface area contributed by atoms with Gasteiger partial charge in [0.15, 0.2) is 5.82 Å². The zero-order valence-electron chi connectivity index (χ0n) is 16.7. The molecule has 3 aromatic heterocycles. The number of nitrogens with zero attached hydrogens (tertiary/aromatic N) is 6. The molecule has 9 nitrogen and oxygen atoms in total. The highest BCUT2D eigenvalue weighted by molar-refractivity contribution is 5.95. The summed E-state index contributed by atoms with van der Waals surface area (Å²) in [5.41, 5.74) is 2.46. The molecule has 9 heteroatoms. The molecular formula is C21H21N7O2. The van der Waals surface area contributed by atoms with Crippen molar-refractivity contribution in [1.82, 2.24) is 34.4 Å². The third-order valence-electron chi connectivity index (χ3n) is 4.80. The fourth-order valence-electron chi connectivity index (χ4n) is 3.18. The van der Waals surface area contributed by atoms with Gasteiger partial charge in [0, 0.05) is 19.8 Å². The molecule has 0 spiro atoms. The highest BCUT2D eigenvalue weighted by Crippen LogP contribution is 2.14. The first kappa shape index (κ1) is 19.3. The molecule has 1 aromatic carbocycles. The van der Waals surface area contributed by atoms with E-state index in [1.165, 1.54) is 9.25 Å². The Morgan fingerprint density at radius 3 is 2.60 bits per heavy atom. The van der Waals surface area contributed by atoms with Crippen LogP contribution in [-0.2, 0) is 13.6 Å². The van der Waals surface area contributed by atoms with Crippen molar-refractivity contribution in [1.29, 1.82) is 0 Å². The van der Waals surface area contributed by atoms with Crippen LogP contribution in [0.3, 0.4) is 0 Å². The molecule has 4 aromatic rings. The maximum Gasteiger partial charge on any atom is 0.346 e. The molecule has 0 bridgehead atoms. The Bertz CT molecular complexity index is 1220. The summed E-state index contributed by atoms with van der Waals surface area (Å²) in [4.78, 5) is 29.3. The Hall–Kier alpha value is -4.01. The van der Waals surface area contributed by atoms with Gasteiger partial charge in [-0.3, -0.25) is 14.3 Å². The number of hydrogen-bond acceptors (Lipinski definition) is 5. The predicted molar refractivity (Wildman–Crippen MR) is 111 cm³/mol. The number of carbonyl (C=O) groups is 1. The number of hydrogen-bond donors (Lipinski definition) is 1. The Kier molecular flexibility index (Phi) is 5.25. The Balaban J connectivity index is 1.44. The van der Waals surface area contributed by atoms with Gasteiger partial charge in [-0.2, -0.15) is 5.10 Å². The molecule has 0 saturated carbocycles. The number of para-hydroxylation sites is 1. The summed E-state index contributed by atoms with van der Waals surface area (Å²) in [6.45, 7) is 2.35. The number of benzene rings is 1. The van der Waals surface area contributed by atoms with Crippen molar-refractivity contribution in [2.45, 2.75) is 13.5 Å². The van der Waals surface area contributed by atoms with Crippen LogP contribution in [0, 0.1) is 6.92 Å². The summed E-state index contributed by atoms with van der Waals surface area (Å²) in [7, 11) is 1.65. The van der Waals surface area contributed by atoms with E-state index in [4.69, 9.17) is 0 Å². The van der Waals surface area contributed by atoms with Gasteiger partial charge in [-0.15, -0.1) is 5.10 Å². The van der Waals surface area contributed by atoms with Crippen molar-refractivity contribution in [3.05, 3.63) is 82.7 Å². The second kappa shape index (κ2) is 8.16. The van der Waals surface area contributed by atoms with E-state index < -0.39 is 0 Å². The summed E-state index contributed by atoms with van der Waals surface area (Å²) in [6.07, 6.45) is 3.20. The molecule has 30 heavy (non-hydrogen) atoms. The third kappa shape index (κ3) is 3.64. The zero-order chi connectivity index (χ0) is 21.1. The first-order valence-electron chi connectivity index (χ1n) is 9.49. The molecule has 0 aliphatic carbocycles. The molecule has 3 heterocycles. The highest BCUT2D eigenvalue weighted by Gasteiger charge is 2.16. The van der Waals surface area contributed by atoms with E-state index in [-0.39, 0.29) is 24.7 Å². The topological polar surface area (TPSA) is 99.6 Å². The van der Waals surface area contributed by atoms with E-state index in [2.05, 4.69) is 20.5 Å². The zero-order valence-corrected chi connectivity index (χ0v) is 16.7. The average molecular weight is 403 g/mol. The van der Waals surface area contributed by atoms with E-state index in [0.29, 0.717) is 17.1 Å². The number of aromatic nitrogens is 6. The maximum atomic E-state index is 12.6. The lowest BCUT2D eigenvalue weighted by molar-refractivity contribution is 0.0951. The van der Waals surface area contributed by atoms with Crippen LogP contribution in [0.15, 0.2) is 65.7 Å². The van der Waals surface area contributed by atoms with E-state index in [0.717, 1.165) is 11.4 Å². The summed E-state index contributed by atoms with van der Waals surface area (Å²) in [5.74, 6) is 0.232. The van der Waals surface area contributed by atoms with Gasteiger partial charge in [0.05, 0.1) is 29.7 Å². The number of pyridine rings is 1. The number of amides is 1. The smallest absolute Gasteiger partial charge is 0.346 e. The van der Waals surface area contributed by atoms with Crippen LogP contribution < -0.4 is 11.0 Å². The lowest BCUT2D eigenvalue weighted by Crippen LogP contribution is -2.32. The fraction of sp³-hybridized carbons (Fsp3) is 0.190. The SMILES string of the molecule is Cc1c(C(=O)NCCn2nc(-c3ccccn3)n(C)c2=O)cnn1-c1ccccc1. The van der Waals surface area contributed by atoms with E-state index >= 15 is 0 Å². The largest absolute Gasteiger partial charge is 0.350 e. The minimum absolute atomic E-state index is 0.247. The fourth-order valence-corrected chi connectivity index (χ4v) is 3.18. The normalized spacial score (nSPS) is 10.9. The molecule has 0 unspecified atom stereocenters. The summed E-state index contributed by atoms with van der Waals surface area (Å²) < 4.78 is 4.49. The molecule has 0 aliphatic rings. The highest BCUT2D eigenvalue weighted by atomic mass is 16.2. The van der Waals surface area contributed by atoms with Crippen molar-refractivity contribution >= 4 is 5.91 Å². The molecule has 0 aliphatic heterocycles. The molecule has 152 valence electrons. The van der Waals surface area contributed by atoms with Crippen LogP contribution in [0.1, 0.15) is 16.1 Å². The Labute approximate surface area is 172 Å². The Morgan fingerprint density at radius 1 is 1.10 bits per heavy atom. The van der Waals surface area contributed by atoms with Gasteiger partial charge in [0.2, 0.25) is 0 Å². The number of carbonyl (C=O) groups excluding carboxylic acids is 1. The quantitative estimate of drug-likeness (QED) is 0.527. The van der Waals surface area contributed by atoms with Crippen LogP contribution in [-0.4, -0.2) is 41.6 Å². The molecule has 1 amide bonds. The van der Waals surface area contributed by atoms with Gasteiger partial charge in [-0.25, -0.2) is 14.2 Å². The molecule has 0 fully saturated rings. The molecule has 0 radical (unpaired) electrons. The van der Waals surface area contributed by atoms with Crippen molar-refractivity contribution < 1.29 is 4.79 Å². The minimum Gasteiger partial charge on any atom is -0.350 e. The second-order valence-corrected chi connectivity index (χ2v) is 6.75. The Morgan fingerprint density at radius 2 is 1.87 bits per heavy atom.